The summed E-state index contributed by atoms with van der Waals surface area (Å²) in [6.07, 6.45) is 0.417. The predicted octanol–water partition coefficient (Wildman–Crippen LogP) is 2.09. The summed E-state index contributed by atoms with van der Waals surface area (Å²) >= 11 is 0. The Morgan fingerprint density at radius 3 is 2.47 bits per heavy atom. The van der Waals surface area contributed by atoms with Crippen molar-refractivity contribution >= 4 is 23.5 Å². The number of pyridine rings is 1. The zero-order valence-electron chi connectivity index (χ0n) is 11.3. The van der Waals surface area contributed by atoms with Crippen LogP contribution in [0.3, 0.4) is 0 Å². The number of aromatic hydroxyl groups is 1. The fourth-order valence-electron chi connectivity index (χ4n) is 1.21. The normalized spacial score (nSPS) is 10.7. The molecule has 19 heavy (non-hydrogen) atoms. The Labute approximate surface area is 111 Å². The topological polar surface area (TPSA) is 101 Å². The molecular formula is C12H17N3O4. The van der Waals surface area contributed by atoms with E-state index in [4.69, 9.17) is 4.74 Å². The number of ether oxygens (including phenoxy) is 1. The SMILES string of the molecule is CC(=O)Nc1cc(NC(=O)OC(C)(C)C)c(O)cn1. The van der Waals surface area contributed by atoms with Gasteiger partial charge in [-0.1, -0.05) is 0 Å². The van der Waals surface area contributed by atoms with Crippen molar-refractivity contribution in [3.05, 3.63) is 12.3 Å². The van der Waals surface area contributed by atoms with Crippen molar-refractivity contribution in [2.24, 2.45) is 0 Å². The van der Waals surface area contributed by atoms with E-state index in [-0.39, 0.29) is 23.2 Å². The van der Waals surface area contributed by atoms with Crippen LogP contribution < -0.4 is 10.6 Å². The van der Waals surface area contributed by atoms with E-state index in [9.17, 15) is 14.7 Å². The van der Waals surface area contributed by atoms with E-state index in [1.807, 2.05) is 0 Å². The predicted molar refractivity (Wildman–Crippen MR) is 70.1 cm³/mol. The number of hydrogen-bond donors (Lipinski definition) is 3. The third-order valence-electron chi connectivity index (χ3n) is 1.82. The lowest BCUT2D eigenvalue weighted by Crippen LogP contribution is -2.27. The molecule has 0 atom stereocenters. The largest absolute Gasteiger partial charge is 0.504 e. The van der Waals surface area contributed by atoms with Gasteiger partial charge in [0, 0.05) is 13.0 Å². The maximum Gasteiger partial charge on any atom is 0.412 e. The fourth-order valence-corrected chi connectivity index (χ4v) is 1.21. The molecule has 1 rings (SSSR count). The van der Waals surface area contributed by atoms with Gasteiger partial charge >= 0.3 is 6.09 Å². The molecule has 7 nitrogen and oxygen atoms in total. The molecule has 1 aromatic rings. The van der Waals surface area contributed by atoms with Crippen LogP contribution in [0.25, 0.3) is 0 Å². The molecule has 104 valence electrons. The van der Waals surface area contributed by atoms with Crippen molar-refractivity contribution in [1.29, 1.82) is 0 Å². The molecule has 0 bridgehead atoms. The lowest BCUT2D eigenvalue weighted by Gasteiger charge is -2.20. The zero-order valence-corrected chi connectivity index (χ0v) is 11.3. The van der Waals surface area contributed by atoms with Crippen LogP contribution in [-0.2, 0) is 9.53 Å². The monoisotopic (exact) mass is 267 g/mol. The molecule has 0 aliphatic heterocycles. The molecule has 0 fully saturated rings. The van der Waals surface area contributed by atoms with E-state index < -0.39 is 11.7 Å². The van der Waals surface area contributed by atoms with Gasteiger partial charge in [-0.3, -0.25) is 10.1 Å². The van der Waals surface area contributed by atoms with Crippen molar-refractivity contribution in [3.8, 4) is 5.75 Å². The number of carbonyl (C=O) groups is 2. The standard InChI is InChI=1S/C12H17N3O4/c1-7(16)14-10-5-8(9(17)6-13-10)15-11(18)19-12(2,3)4/h5-6,17H,1-4H3,(H2,13,14,15,16,18). The molecule has 2 amide bonds. The number of nitrogens with one attached hydrogen (secondary N) is 2. The maximum absolute atomic E-state index is 11.6. The number of amides is 2. The van der Waals surface area contributed by atoms with Crippen LogP contribution >= 0.6 is 0 Å². The van der Waals surface area contributed by atoms with E-state index in [0.29, 0.717) is 0 Å². The van der Waals surface area contributed by atoms with Gasteiger partial charge in [0.05, 0.1) is 11.9 Å². The molecule has 0 aromatic carbocycles. The minimum absolute atomic E-state index is 0.105. The summed E-state index contributed by atoms with van der Waals surface area (Å²) in [5, 5.41) is 14.4. The quantitative estimate of drug-likeness (QED) is 0.761. The summed E-state index contributed by atoms with van der Waals surface area (Å²) in [5.41, 5.74) is -0.541. The average molecular weight is 267 g/mol. The Morgan fingerprint density at radius 1 is 1.32 bits per heavy atom. The van der Waals surface area contributed by atoms with Crippen molar-refractivity contribution in [1.82, 2.24) is 4.98 Å². The Bertz CT molecular complexity index is 494. The van der Waals surface area contributed by atoms with E-state index in [1.165, 1.54) is 13.0 Å². The molecule has 0 aliphatic rings. The molecule has 1 aromatic heterocycles. The van der Waals surface area contributed by atoms with Gasteiger partial charge in [0.2, 0.25) is 5.91 Å². The second-order valence-electron chi connectivity index (χ2n) is 4.89. The average Bonchev–Trinajstić information content (AvgIpc) is 2.19. The first-order valence-corrected chi connectivity index (χ1v) is 5.64. The minimum Gasteiger partial charge on any atom is -0.504 e. The first-order chi connectivity index (χ1) is 8.67. The Morgan fingerprint density at radius 2 is 1.95 bits per heavy atom. The molecule has 0 saturated carbocycles. The highest BCUT2D eigenvalue weighted by atomic mass is 16.6. The summed E-state index contributed by atoms with van der Waals surface area (Å²) in [6, 6.07) is 1.33. The summed E-state index contributed by atoms with van der Waals surface area (Å²) in [4.78, 5) is 26.2. The summed E-state index contributed by atoms with van der Waals surface area (Å²) in [5.74, 6) is -0.308. The molecule has 0 aliphatic carbocycles. The van der Waals surface area contributed by atoms with Crippen LogP contribution in [0.15, 0.2) is 12.3 Å². The van der Waals surface area contributed by atoms with Gasteiger partial charge in [0.25, 0.3) is 0 Å². The van der Waals surface area contributed by atoms with Gasteiger partial charge in [-0.2, -0.15) is 0 Å². The molecule has 0 radical (unpaired) electrons. The molecule has 0 unspecified atom stereocenters. The smallest absolute Gasteiger partial charge is 0.412 e. The Kier molecular flexibility index (Phi) is 4.31. The fraction of sp³-hybridized carbons (Fsp3) is 0.417. The van der Waals surface area contributed by atoms with E-state index in [0.717, 1.165) is 6.20 Å². The van der Waals surface area contributed by atoms with Crippen LogP contribution in [0.2, 0.25) is 0 Å². The minimum atomic E-state index is -0.706. The molecule has 7 heteroatoms. The molecule has 3 N–H and O–H groups in total. The van der Waals surface area contributed by atoms with Crippen LogP contribution in [0.5, 0.6) is 5.75 Å². The highest BCUT2D eigenvalue weighted by Crippen LogP contribution is 2.25. The van der Waals surface area contributed by atoms with Crippen LogP contribution in [0.4, 0.5) is 16.3 Å². The number of rotatable bonds is 2. The maximum atomic E-state index is 11.6. The third-order valence-corrected chi connectivity index (χ3v) is 1.82. The van der Waals surface area contributed by atoms with Crippen molar-refractivity contribution in [2.75, 3.05) is 10.6 Å². The lowest BCUT2D eigenvalue weighted by molar-refractivity contribution is -0.114. The summed E-state index contributed by atoms with van der Waals surface area (Å²) in [7, 11) is 0. The van der Waals surface area contributed by atoms with Gasteiger partial charge in [-0.05, 0) is 20.8 Å². The van der Waals surface area contributed by atoms with E-state index in [1.54, 1.807) is 20.8 Å². The van der Waals surface area contributed by atoms with Crippen LogP contribution in [0.1, 0.15) is 27.7 Å². The summed E-state index contributed by atoms with van der Waals surface area (Å²) in [6.45, 7) is 6.50. The Hall–Kier alpha value is -2.31. The second kappa shape index (κ2) is 5.55. The summed E-state index contributed by atoms with van der Waals surface area (Å²) < 4.78 is 5.05. The van der Waals surface area contributed by atoms with Gasteiger partial charge in [-0.15, -0.1) is 0 Å². The second-order valence-corrected chi connectivity index (χ2v) is 4.89. The highest BCUT2D eigenvalue weighted by molar-refractivity contribution is 5.91. The molecule has 1 heterocycles. The van der Waals surface area contributed by atoms with Crippen molar-refractivity contribution in [3.63, 3.8) is 0 Å². The van der Waals surface area contributed by atoms with Gasteiger partial charge in [-0.25, -0.2) is 9.78 Å². The molecular weight excluding hydrogens is 250 g/mol. The van der Waals surface area contributed by atoms with Gasteiger partial charge in [0.1, 0.15) is 11.4 Å². The third kappa shape index (κ3) is 5.24. The number of carbonyl (C=O) groups excluding carboxylic acids is 2. The number of anilines is 2. The Balaban J connectivity index is 2.82. The van der Waals surface area contributed by atoms with Crippen molar-refractivity contribution < 1.29 is 19.4 Å². The lowest BCUT2D eigenvalue weighted by atomic mass is 10.2. The number of aromatic nitrogens is 1. The molecule has 0 saturated heterocycles. The van der Waals surface area contributed by atoms with Gasteiger partial charge in [0.15, 0.2) is 5.75 Å². The number of nitrogens with zero attached hydrogens (tertiary/aromatic N) is 1. The van der Waals surface area contributed by atoms with E-state index >= 15 is 0 Å². The van der Waals surface area contributed by atoms with E-state index in [2.05, 4.69) is 15.6 Å². The van der Waals surface area contributed by atoms with Crippen molar-refractivity contribution in [2.45, 2.75) is 33.3 Å². The zero-order chi connectivity index (χ0) is 14.6. The first-order valence-electron chi connectivity index (χ1n) is 5.64. The first kappa shape index (κ1) is 14.7. The van der Waals surface area contributed by atoms with Crippen LogP contribution in [0, 0.1) is 0 Å². The molecule has 0 spiro atoms. The van der Waals surface area contributed by atoms with Gasteiger partial charge < -0.3 is 15.2 Å². The number of hydrogen-bond acceptors (Lipinski definition) is 5. The van der Waals surface area contributed by atoms with Crippen LogP contribution in [-0.4, -0.2) is 27.7 Å². The highest BCUT2D eigenvalue weighted by Gasteiger charge is 2.17.